The molecule has 0 N–H and O–H groups in total. The molecule has 0 radical (unpaired) electrons. The van der Waals surface area contributed by atoms with Gasteiger partial charge < -0.3 is 9.32 Å². The zero-order valence-corrected chi connectivity index (χ0v) is 13.8. The molecular weight excluding hydrogens is 306 g/mol. The van der Waals surface area contributed by atoms with Gasteiger partial charge in [0.25, 0.3) is 0 Å². The Hall–Kier alpha value is -1.59. The van der Waals surface area contributed by atoms with Crippen LogP contribution in [0.1, 0.15) is 23.1 Å². The molecule has 4 nitrogen and oxygen atoms in total. The van der Waals surface area contributed by atoms with E-state index in [-0.39, 0.29) is 5.28 Å². The number of aryl methyl sites for hydroxylation is 2. The molecule has 0 saturated heterocycles. The van der Waals surface area contributed by atoms with Crippen molar-refractivity contribution in [1.29, 1.82) is 0 Å². The number of halogens is 1. The molecule has 3 aromatic rings. The van der Waals surface area contributed by atoms with Gasteiger partial charge in [-0.15, -0.1) is 11.3 Å². The standard InChI is InChI=1S/C15H16ClN3OS/c1-4-11-7-12-13(17-15(16)18-14(12)21-11)19(3)8-10-5-6-20-9(10)2/h5-7H,4,8H2,1-3H3. The molecule has 3 rings (SSSR count). The minimum absolute atomic E-state index is 0.290. The molecular formula is C15H16ClN3OS. The van der Waals surface area contributed by atoms with Crippen LogP contribution in [0.3, 0.4) is 0 Å². The van der Waals surface area contributed by atoms with Crippen LogP contribution in [0.2, 0.25) is 5.28 Å². The highest BCUT2D eigenvalue weighted by Gasteiger charge is 2.15. The second-order valence-corrected chi connectivity index (χ2v) is 6.41. The summed E-state index contributed by atoms with van der Waals surface area (Å²) in [6.45, 7) is 4.82. The molecule has 0 aliphatic carbocycles. The second kappa shape index (κ2) is 5.66. The molecule has 21 heavy (non-hydrogen) atoms. The Balaban J connectivity index is 2.02. The quantitative estimate of drug-likeness (QED) is 0.666. The van der Waals surface area contributed by atoms with Crippen LogP contribution >= 0.6 is 22.9 Å². The van der Waals surface area contributed by atoms with E-state index in [1.807, 2.05) is 20.0 Å². The summed E-state index contributed by atoms with van der Waals surface area (Å²) in [4.78, 5) is 13.1. The van der Waals surface area contributed by atoms with E-state index in [0.29, 0.717) is 0 Å². The van der Waals surface area contributed by atoms with Crippen molar-refractivity contribution in [2.24, 2.45) is 0 Å². The highest BCUT2D eigenvalue weighted by Crippen LogP contribution is 2.32. The molecule has 0 aliphatic rings. The molecule has 110 valence electrons. The first-order chi connectivity index (χ1) is 10.1. The van der Waals surface area contributed by atoms with Crippen LogP contribution in [0.5, 0.6) is 0 Å². The van der Waals surface area contributed by atoms with Gasteiger partial charge in [0.15, 0.2) is 0 Å². The summed E-state index contributed by atoms with van der Waals surface area (Å²) in [5, 5.41) is 1.35. The summed E-state index contributed by atoms with van der Waals surface area (Å²) in [6, 6.07) is 4.14. The van der Waals surface area contributed by atoms with Crippen LogP contribution in [0.4, 0.5) is 5.82 Å². The Morgan fingerprint density at radius 3 is 2.86 bits per heavy atom. The molecule has 0 aliphatic heterocycles. The summed E-state index contributed by atoms with van der Waals surface area (Å²) < 4.78 is 5.35. The Kier molecular flexibility index (Phi) is 3.87. The highest BCUT2D eigenvalue weighted by atomic mass is 35.5. The first-order valence-electron chi connectivity index (χ1n) is 6.78. The van der Waals surface area contributed by atoms with Gasteiger partial charge in [0, 0.05) is 24.0 Å². The van der Waals surface area contributed by atoms with Gasteiger partial charge in [-0.2, -0.15) is 4.98 Å². The van der Waals surface area contributed by atoms with E-state index in [9.17, 15) is 0 Å². The van der Waals surface area contributed by atoms with Gasteiger partial charge >= 0.3 is 0 Å². The van der Waals surface area contributed by atoms with E-state index < -0.39 is 0 Å². The normalized spacial score (nSPS) is 11.2. The highest BCUT2D eigenvalue weighted by molar-refractivity contribution is 7.18. The average Bonchev–Trinajstić information content (AvgIpc) is 3.04. The molecule has 3 aromatic heterocycles. The van der Waals surface area contributed by atoms with E-state index >= 15 is 0 Å². The van der Waals surface area contributed by atoms with Gasteiger partial charge in [-0.1, -0.05) is 6.92 Å². The van der Waals surface area contributed by atoms with Crippen molar-refractivity contribution < 1.29 is 4.42 Å². The average molecular weight is 322 g/mol. The smallest absolute Gasteiger partial charge is 0.225 e. The lowest BCUT2D eigenvalue weighted by Crippen LogP contribution is -2.18. The lowest BCUT2D eigenvalue weighted by atomic mass is 10.2. The molecule has 3 heterocycles. The fraction of sp³-hybridized carbons (Fsp3) is 0.333. The number of rotatable bonds is 4. The van der Waals surface area contributed by atoms with Crippen LogP contribution in [0.15, 0.2) is 22.8 Å². The zero-order chi connectivity index (χ0) is 15.0. The molecule has 0 amide bonds. The third kappa shape index (κ3) is 2.76. The lowest BCUT2D eigenvalue weighted by Gasteiger charge is -2.18. The maximum atomic E-state index is 6.07. The predicted octanol–water partition coefficient (Wildman–Crippen LogP) is 4.44. The monoisotopic (exact) mass is 321 g/mol. The Morgan fingerprint density at radius 1 is 1.38 bits per heavy atom. The van der Waals surface area contributed by atoms with Crippen molar-refractivity contribution >= 4 is 39.0 Å². The molecule has 0 aromatic carbocycles. The second-order valence-electron chi connectivity index (χ2n) is 4.96. The third-order valence-electron chi connectivity index (χ3n) is 3.48. The van der Waals surface area contributed by atoms with Crippen molar-refractivity contribution in [2.45, 2.75) is 26.8 Å². The van der Waals surface area contributed by atoms with Crippen LogP contribution in [-0.2, 0) is 13.0 Å². The number of aromatic nitrogens is 2. The largest absolute Gasteiger partial charge is 0.469 e. The fourth-order valence-corrected chi connectivity index (χ4v) is 3.48. The maximum absolute atomic E-state index is 6.07. The van der Waals surface area contributed by atoms with Crippen LogP contribution in [0.25, 0.3) is 10.2 Å². The lowest BCUT2D eigenvalue weighted by molar-refractivity contribution is 0.529. The number of thiophene rings is 1. The fourth-order valence-electron chi connectivity index (χ4n) is 2.30. The first-order valence-corrected chi connectivity index (χ1v) is 7.98. The summed E-state index contributed by atoms with van der Waals surface area (Å²) in [7, 11) is 2.01. The van der Waals surface area contributed by atoms with Gasteiger partial charge in [0.1, 0.15) is 16.4 Å². The molecule has 0 atom stereocenters. The molecule has 0 saturated carbocycles. The number of nitrogens with zero attached hydrogens (tertiary/aromatic N) is 3. The number of hydrogen-bond acceptors (Lipinski definition) is 5. The van der Waals surface area contributed by atoms with Crippen molar-refractivity contribution in [3.8, 4) is 0 Å². The van der Waals surface area contributed by atoms with Gasteiger partial charge in [0.2, 0.25) is 5.28 Å². The van der Waals surface area contributed by atoms with Crippen LogP contribution in [0, 0.1) is 6.92 Å². The van der Waals surface area contributed by atoms with Crippen LogP contribution < -0.4 is 4.90 Å². The molecule has 0 unspecified atom stereocenters. The van der Waals surface area contributed by atoms with Crippen molar-refractivity contribution in [1.82, 2.24) is 9.97 Å². The van der Waals surface area contributed by atoms with E-state index in [2.05, 4.69) is 27.9 Å². The first kappa shape index (κ1) is 14.4. The number of anilines is 1. The minimum Gasteiger partial charge on any atom is -0.469 e. The van der Waals surface area contributed by atoms with E-state index in [1.54, 1.807) is 17.6 Å². The summed E-state index contributed by atoms with van der Waals surface area (Å²) in [5.74, 6) is 1.79. The number of furan rings is 1. The van der Waals surface area contributed by atoms with Crippen molar-refractivity contribution in [2.75, 3.05) is 11.9 Å². The molecule has 6 heteroatoms. The topological polar surface area (TPSA) is 42.2 Å². The molecule has 0 fully saturated rings. The number of fused-ring (bicyclic) bond motifs is 1. The van der Waals surface area contributed by atoms with Gasteiger partial charge in [-0.3, -0.25) is 0 Å². The SMILES string of the molecule is CCc1cc2c(N(C)Cc3ccoc3C)nc(Cl)nc2s1. The molecule has 0 bridgehead atoms. The minimum atomic E-state index is 0.290. The third-order valence-corrected chi connectivity index (χ3v) is 4.82. The summed E-state index contributed by atoms with van der Waals surface area (Å²) in [6.07, 6.45) is 2.70. The summed E-state index contributed by atoms with van der Waals surface area (Å²) in [5.41, 5.74) is 1.14. The van der Waals surface area contributed by atoms with Crippen LogP contribution in [-0.4, -0.2) is 17.0 Å². The van der Waals surface area contributed by atoms with E-state index in [4.69, 9.17) is 16.0 Å². The van der Waals surface area contributed by atoms with Gasteiger partial charge in [-0.25, -0.2) is 4.98 Å². The summed E-state index contributed by atoms with van der Waals surface area (Å²) >= 11 is 7.75. The van der Waals surface area contributed by atoms with Crippen molar-refractivity contribution in [3.05, 3.63) is 39.9 Å². The Bertz CT molecular complexity index is 780. The Morgan fingerprint density at radius 2 is 2.19 bits per heavy atom. The maximum Gasteiger partial charge on any atom is 0.225 e. The number of hydrogen-bond donors (Lipinski definition) is 0. The van der Waals surface area contributed by atoms with Gasteiger partial charge in [-0.05, 0) is 37.1 Å². The van der Waals surface area contributed by atoms with E-state index in [1.165, 1.54) is 4.88 Å². The molecule has 0 spiro atoms. The van der Waals surface area contributed by atoms with Crippen molar-refractivity contribution in [3.63, 3.8) is 0 Å². The van der Waals surface area contributed by atoms with Gasteiger partial charge in [0.05, 0.1) is 11.6 Å². The van der Waals surface area contributed by atoms with E-state index in [0.717, 1.165) is 40.3 Å². The predicted molar refractivity (Wildman–Crippen MR) is 87.4 cm³/mol. The zero-order valence-electron chi connectivity index (χ0n) is 12.2. The Labute approximate surface area is 132 Å².